The quantitative estimate of drug-likeness (QED) is 0.682. The second-order valence-electron chi connectivity index (χ2n) is 5.24. The van der Waals surface area contributed by atoms with E-state index in [1.54, 1.807) is 0 Å². The molecule has 0 saturated heterocycles. The molecule has 1 aromatic rings. The lowest BCUT2D eigenvalue weighted by molar-refractivity contribution is 0.0929. The Morgan fingerprint density at radius 1 is 1.19 bits per heavy atom. The summed E-state index contributed by atoms with van der Waals surface area (Å²) in [5.41, 5.74) is -0.291. The van der Waals surface area contributed by atoms with E-state index in [4.69, 9.17) is 10.7 Å². The summed E-state index contributed by atoms with van der Waals surface area (Å²) in [6.45, 7) is 0. The van der Waals surface area contributed by atoms with E-state index in [0.29, 0.717) is 0 Å². The van der Waals surface area contributed by atoms with Crippen LogP contribution in [-0.2, 0) is 9.05 Å². The zero-order chi connectivity index (χ0) is 15.5. The van der Waals surface area contributed by atoms with Crippen molar-refractivity contribution in [3.63, 3.8) is 0 Å². The van der Waals surface area contributed by atoms with Crippen molar-refractivity contribution in [3.8, 4) is 0 Å². The van der Waals surface area contributed by atoms with Gasteiger partial charge in [0, 0.05) is 16.7 Å². The number of hydrogen-bond acceptors (Lipinski definition) is 3. The fourth-order valence-corrected chi connectivity index (χ4v) is 3.29. The monoisotopic (exact) mass is 333 g/mol. The molecule has 1 aliphatic carbocycles. The van der Waals surface area contributed by atoms with Crippen molar-refractivity contribution >= 4 is 25.6 Å². The van der Waals surface area contributed by atoms with Crippen molar-refractivity contribution in [3.05, 3.63) is 29.6 Å². The minimum atomic E-state index is -3.99. The molecule has 7 heteroatoms. The molecule has 116 valence electrons. The molecule has 4 nitrogen and oxygen atoms in total. The molecule has 2 rings (SSSR count). The Hall–Kier alpha value is -1.14. The minimum Gasteiger partial charge on any atom is -0.349 e. The third-order valence-electron chi connectivity index (χ3n) is 3.65. The summed E-state index contributed by atoms with van der Waals surface area (Å²) in [6, 6.07) is 2.97. The molecule has 1 amide bonds. The molecule has 21 heavy (non-hydrogen) atoms. The largest absolute Gasteiger partial charge is 0.349 e. The number of rotatable bonds is 3. The van der Waals surface area contributed by atoms with E-state index < -0.39 is 20.8 Å². The van der Waals surface area contributed by atoms with Gasteiger partial charge in [-0.15, -0.1) is 0 Å². The van der Waals surface area contributed by atoms with E-state index in [0.717, 1.165) is 56.7 Å². The summed E-state index contributed by atoms with van der Waals surface area (Å²) in [4.78, 5) is 11.9. The first-order chi connectivity index (χ1) is 9.88. The average molecular weight is 334 g/mol. The van der Waals surface area contributed by atoms with Gasteiger partial charge in [-0.1, -0.05) is 25.7 Å². The summed E-state index contributed by atoms with van der Waals surface area (Å²) in [6.07, 6.45) is 6.07. The van der Waals surface area contributed by atoms with Crippen molar-refractivity contribution in [2.45, 2.75) is 49.5 Å². The van der Waals surface area contributed by atoms with Crippen LogP contribution in [0.15, 0.2) is 23.1 Å². The van der Waals surface area contributed by atoms with Crippen LogP contribution in [0.25, 0.3) is 0 Å². The van der Waals surface area contributed by atoms with Gasteiger partial charge in [0.25, 0.3) is 15.0 Å². The van der Waals surface area contributed by atoms with Crippen LogP contribution < -0.4 is 5.32 Å². The number of carbonyl (C=O) groups is 1. The van der Waals surface area contributed by atoms with Crippen LogP contribution in [-0.4, -0.2) is 20.4 Å². The Balaban J connectivity index is 2.18. The Morgan fingerprint density at radius 3 is 2.38 bits per heavy atom. The van der Waals surface area contributed by atoms with Gasteiger partial charge >= 0.3 is 0 Å². The maximum atomic E-state index is 13.7. The predicted octanol–water partition coefficient (Wildman–Crippen LogP) is 3.21. The molecular weight excluding hydrogens is 317 g/mol. The summed E-state index contributed by atoms with van der Waals surface area (Å²) >= 11 is 0. The van der Waals surface area contributed by atoms with Gasteiger partial charge in [-0.3, -0.25) is 4.79 Å². The van der Waals surface area contributed by atoms with Gasteiger partial charge in [-0.05, 0) is 31.0 Å². The van der Waals surface area contributed by atoms with Crippen molar-refractivity contribution in [2.24, 2.45) is 0 Å². The van der Waals surface area contributed by atoms with Crippen molar-refractivity contribution in [2.75, 3.05) is 0 Å². The lowest BCUT2D eigenvalue weighted by atomic mass is 10.1. The number of amides is 1. The van der Waals surface area contributed by atoms with Gasteiger partial charge in [-0.2, -0.15) is 0 Å². The maximum Gasteiger partial charge on any atom is 0.261 e. The number of halogens is 2. The molecule has 1 aromatic carbocycles. The molecule has 0 aliphatic heterocycles. The Labute approximate surface area is 128 Å². The molecular formula is C14H17ClFNO3S. The van der Waals surface area contributed by atoms with Gasteiger partial charge < -0.3 is 5.32 Å². The third-order valence-corrected chi connectivity index (χ3v) is 5.01. The molecule has 1 saturated carbocycles. The molecule has 1 fully saturated rings. The van der Waals surface area contributed by atoms with Crippen LogP contribution in [0.2, 0.25) is 0 Å². The fourth-order valence-electron chi connectivity index (χ4n) is 2.52. The number of carbonyl (C=O) groups excluding carboxylic acids is 1. The standard InChI is InChI=1S/C14H17ClFNO3S/c15-21(19,20)11-7-8-13(16)12(9-11)14(18)17-10-5-3-1-2-4-6-10/h7-10H,1-6H2,(H,17,18). The first kappa shape index (κ1) is 16.2. The van der Waals surface area contributed by atoms with Crippen LogP contribution in [0.4, 0.5) is 4.39 Å². The molecule has 0 heterocycles. The topological polar surface area (TPSA) is 63.2 Å². The second kappa shape index (κ2) is 6.75. The Kier molecular flexibility index (Phi) is 5.22. The molecule has 0 radical (unpaired) electrons. The van der Waals surface area contributed by atoms with Crippen molar-refractivity contribution in [1.82, 2.24) is 5.32 Å². The average Bonchev–Trinajstić information content (AvgIpc) is 2.66. The summed E-state index contributed by atoms with van der Waals surface area (Å²) < 4.78 is 36.3. The van der Waals surface area contributed by atoms with E-state index in [-0.39, 0.29) is 16.5 Å². The van der Waals surface area contributed by atoms with Crippen LogP contribution in [0.1, 0.15) is 48.9 Å². The summed E-state index contributed by atoms with van der Waals surface area (Å²) in [7, 11) is 1.23. The molecule has 0 unspecified atom stereocenters. The summed E-state index contributed by atoms with van der Waals surface area (Å²) in [5.74, 6) is -1.35. The minimum absolute atomic E-state index is 0.00987. The second-order valence-corrected chi connectivity index (χ2v) is 7.81. The molecule has 1 N–H and O–H groups in total. The summed E-state index contributed by atoms with van der Waals surface area (Å²) in [5, 5.41) is 2.78. The van der Waals surface area contributed by atoms with Gasteiger partial charge in [0.2, 0.25) is 0 Å². The van der Waals surface area contributed by atoms with E-state index >= 15 is 0 Å². The smallest absolute Gasteiger partial charge is 0.261 e. The van der Waals surface area contributed by atoms with E-state index in [2.05, 4.69) is 5.32 Å². The first-order valence-corrected chi connectivity index (χ1v) is 9.24. The highest BCUT2D eigenvalue weighted by Gasteiger charge is 2.20. The Morgan fingerprint density at radius 2 is 1.81 bits per heavy atom. The van der Waals surface area contributed by atoms with E-state index in [1.807, 2.05) is 0 Å². The Bertz CT molecular complexity index is 625. The number of hydrogen-bond donors (Lipinski definition) is 1. The zero-order valence-corrected chi connectivity index (χ0v) is 13.0. The van der Waals surface area contributed by atoms with Crippen LogP contribution >= 0.6 is 10.7 Å². The maximum absolute atomic E-state index is 13.7. The van der Waals surface area contributed by atoms with E-state index in [9.17, 15) is 17.6 Å². The van der Waals surface area contributed by atoms with E-state index in [1.165, 1.54) is 0 Å². The molecule has 0 spiro atoms. The van der Waals surface area contributed by atoms with Gasteiger partial charge in [-0.25, -0.2) is 12.8 Å². The van der Waals surface area contributed by atoms with Crippen LogP contribution in [0.5, 0.6) is 0 Å². The highest BCUT2D eigenvalue weighted by molar-refractivity contribution is 8.13. The highest BCUT2D eigenvalue weighted by atomic mass is 35.7. The van der Waals surface area contributed by atoms with Gasteiger partial charge in [0.15, 0.2) is 0 Å². The number of nitrogens with one attached hydrogen (secondary N) is 1. The molecule has 0 aromatic heterocycles. The van der Waals surface area contributed by atoms with Crippen LogP contribution in [0, 0.1) is 5.82 Å². The molecule has 0 atom stereocenters. The third kappa shape index (κ3) is 4.41. The molecule has 1 aliphatic rings. The van der Waals surface area contributed by atoms with Gasteiger partial charge in [0.1, 0.15) is 5.82 Å². The molecule has 0 bridgehead atoms. The fraction of sp³-hybridized carbons (Fsp3) is 0.500. The van der Waals surface area contributed by atoms with Crippen molar-refractivity contribution < 1.29 is 17.6 Å². The first-order valence-electron chi connectivity index (χ1n) is 6.93. The van der Waals surface area contributed by atoms with Gasteiger partial charge in [0.05, 0.1) is 10.5 Å². The normalized spacial score (nSPS) is 17.2. The van der Waals surface area contributed by atoms with Crippen LogP contribution in [0.3, 0.4) is 0 Å². The number of benzene rings is 1. The SMILES string of the molecule is O=C(NC1CCCCCC1)c1cc(S(=O)(=O)Cl)ccc1F. The zero-order valence-electron chi connectivity index (χ0n) is 11.4. The predicted molar refractivity (Wildman–Crippen MR) is 78.4 cm³/mol. The van der Waals surface area contributed by atoms with Crippen molar-refractivity contribution in [1.29, 1.82) is 0 Å². The lowest BCUT2D eigenvalue weighted by Crippen LogP contribution is -2.35. The highest BCUT2D eigenvalue weighted by Crippen LogP contribution is 2.21. The lowest BCUT2D eigenvalue weighted by Gasteiger charge is -2.16.